The molecular formula is C24H27ClFN5O2. The van der Waals surface area contributed by atoms with Crippen molar-refractivity contribution in [1.82, 2.24) is 20.3 Å². The van der Waals surface area contributed by atoms with E-state index in [2.05, 4.69) is 25.6 Å². The zero-order valence-corrected chi connectivity index (χ0v) is 19.7. The number of carbonyl (C=O) groups excluding carboxylic acids is 1. The Labute approximate surface area is 197 Å². The van der Waals surface area contributed by atoms with Crippen molar-refractivity contribution < 1.29 is 14.3 Å². The minimum atomic E-state index is -1.02. The van der Waals surface area contributed by atoms with Crippen LogP contribution in [-0.4, -0.2) is 38.1 Å². The van der Waals surface area contributed by atoms with Crippen LogP contribution in [0.4, 0.5) is 15.9 Å². The topological polar surface area (TPSA) is 100 Å². The maximum absolute atomic E-state index is 14.4. The van der Waals surface area contributed by atoms with Gasteiger partial charge in [-0.25, -0.2) is 14.4 Å². The van der Waals surface area contributed by atoms with Gasteiger partial charge < -0.3 is 15.7 Å². The van der Waals surface area contributed by atoms with Gasteiger partial charge in [0, 0.05) is 35.2 Å². The molecule has 2 aromatic heterocycles. The lowest BCUT2D eigenvalue weighted by atomic mass is 10.0. The van der Waals surface area contributed by atoms with E-state index in [1.165, 1.54) is 30.7 Å². The normalized spacial score (nSPS) is 13.0. The molecule has 0 fully saturated rings. The van der Waals surface area contributed by atoms with Crippen molar-refractivity contribution >= 4 is 29.0 Å². The molecular weight excluding hydrogens is 445 g/mol. The van der Waals surface area contributed by atoms with E-state index in [1.807, 2.05) is 20.8 Å². The van der Waals surface area contributed by atoms with Gasteiger partial charge >= 0.3 is 0 Å². The lowest BCUT2D eigenvalue weighted by Gasteiger charge is -2.22. The summed E-state index contributed by atoms with van der Waals surface area (Å²) in [5.41, 5.74) is 1.34. The fraction of sp³-hybridized carbons (Fsp3) is 0.333. The number of halogens is 2. The average molecular weight is 472 g/mol. The standard InChI is InChI=1S/C24H27ClFN5O2/c1-5-24(4,33)12-29-23(32)18-10-27-13-30-22(18)31-21-9-20(28-11-17(21)14(2)3)16-8-15(25)6-7-19(16)26/h6-11,13-14,33H,5,12H2,1-4H3,(H,29,32)(H,27,28,30,31). The van der Waals surface area contributed by atoms with E-state index in [0.29, 0.717) is 22.8 Å². The first kappa shape index (κ1) is 24.5. The molecule has 3 aromatic rings. The Bertz CT molecular complexity index is 1150. The number of nitrogens with one attached hydrogen (secondary N) is 2. The second-order valence-electron chi connectivity index (χ2n) is 8.38. The first-order valence-electron chi connectivity index (χ1n) is 10.6. The number of rotatable bonds is 8. The van der Waals surface area contributed by atoms with Gasteiger partial charge in [-0.05, 0) is 49.1 Å². The second-order valence-corrected chi connectivity index (χ2v) is 8.82. The van der Waals surface area contributed by atoms with Crippen LogP contribution in [0.3, 0.4) is 0 Å². The van der Waals surface area contributed by atoms with Gasteiger partial charge in [-0.15, -0.1) is 0 Å². The van der Waals surface area contributed by atoms with Gasteiger partial charge in [0.2, 0.25) is 0 Å². The van der Waals surface area contributed by atoms with E-state index < -0.39 is 17.3 Å². The third-order valence-corrected chi connectivity index (χ3v) is 5.60. The summed E-state index contributed by atoms with van der Waals surface area (Å²) in [6.45, 7) is 7.57. The predicted octanol–water partition coefficient (Wildman–Crippen LogP) is 5.09. The molecule has 0 aliphatic rings. The highest BCUT2D eigenvalue weighted by molar-refractivity contribution is 6.30. The van der Waals surface area contributed by atoms with Crippen LogP contribution in [0.5, 0.6) is 0 Å². The molecule has 1 amide bonds. The van der Waals surface area contributed by atoms with Crippen LogP contribution in [0.2, 0.25) is 5.02 Å². The quantitative estimate of drug-likeness (QED) is 0.423. The molecule has 3 rings (SSSR count). The Morgan fingerprint density at radius 3 is 2.70 bits per heavy atom. The van der Waals surface area contributed by atoms with Crippen LogP contribution in [0.15, 0.2) is 43.0 Å². The predicted molar refractivity (Wildman–Crippen MR) is 127 cm³/mol. The number of benzene rings is 1. The summed E-state index contributed by atoms with van der Waals surface area (Å²) >= 11 is 6.06. The molecule has 7 nitrogen and oxygen atoms in total. The third kappa shape index (κ3) is 6.03. The monoisotopic (exact) mass is 471 g/mol. The van der Waals surface area contributed by atoms with Gasteiger partial charge in [0.1, 0.15) is 23.5 Å². The minimum absolute atomic E-state index is 0.0847. The van der Waals surface area contributed by atoms with E-state index in [4.69, 9.17) is 11.6 Å². The van der Waals surface area contributed by atoms with Crippen molar-refractivity contribution in [3.8, 4) is 11.3 Å². The van der Waals surface area contributed by atoms with Crippen molar-refractivity contribution in [1.29, 1.82) is 0 Å². The maximum Gasteiger partial charge on any atom is 0.256 e. The first-order valence-corrected chi connectivity index (χ1v) is 11.0. The van der Waals surface area contributed by atoms with Gasteiger partial charge in [0.15, 0.2) is 0 Å². The Morgan fingerprint density at radius 1 is 1.24 bits per heavy atom. The largest absolute Gasteiger partial charge is 0.388 e. The summed E-state index contributed by atoms with van der Waals surface area (Å²) in [6, 6.07) is 5.99. The lowest BCUT2D eigenvalue weighted by Crippen LogP contribution is -2.40. The average Bonchev–Trinajstić information content (AvgIpc) is 2.79. The molecule has 0 aliphatic heterocycles. The molecule has 3 N–H and O–H groups in total. The van der Waals surface area contributed by atoms with E-state index in [0.717, 1.165) is 5.56 Å². The molecule has 9 heteroatoms. The molecule has 0 spiro atoms. The highest BCUT2D eigenvalue weighted by atomic mass is 35.5. The number of aliphatic hydroxyl groups is 1. The van der Waals surface area contributed by atoms with Gasteiger partial charge in [-0.1, -0.05) is 32.4 Å². The summed E-state index contributed by atoms with van der Waals surface area (Å²) in [4.78, 5) is 25.4. The zero-order chi connectivity index (χ0) is 24.2. The van der Waals surface area contributed by atoms with Gasteiger partial charge in [0.25, 0.3) is 5.91 Å². The summed E-state index contributed by atoms with van der Waals surface area (Å²) in [7, 11) is 0. The molecule has 33 heavy (non-hydrogen) atoms. The Morgan fingerprint density at radius 2 is 2.00 bits per heavy atom. The number of aromatic nitrogens is 3. The van der Waals surface area contributed by atoms with Crippen molar-refractivity contribution in [2.45, 2.75) is 45.6 Å². The van der Waals surface area contributed by atoms with Crippen LogP contribution in [0.1, 0.15) is 56.0 Å². The lowest BCUT2D eigenvalue weighted by molar-refractivity contribution is 0.0518. The fourth-order valence-corrected chi connectivity index (χ4v) is 3.26. The van der Waals surface area contributed by atoms with Gasteiger partial charge in [-0.2, -0.15) is 0 Å². The maximum atomic E-state index is 14.4. The van der Waals surface area contributed by atoms with Crippen molar-refractivity contribution in [2.24, 2.45) is 0 Å². The summed E-state index contributed by atoms with van der Waals surface area (Å²) in [5, 5.41) is 16.5. The Balaban J connectivity index is 1.98. The number of hydrogen-bond donors (Lipinski definition) is 3. The molecule has 0 aliphatic carbocycles. The van der Waals surface area contributed by atoms with Crippen LogP contribution in [0, 0.1) is 5.82 Å². The first-order chi connectivity index (χ1) is 15.6. The summed E-state index contributed by atoms with van der Waals surface area (Å²) < 4.78 is 14.4. The highest BCUT2D eigenvalue weighted by Crippen LogP contribution is 2.32. The smallest absolute Gasteiger partial charge is 0.256 e. The SMILES string of the molecule is CCC(C)(O)CNC(=O)c1cncnc1Nc1cc(-c2cc(Cl)ccc2F)ncc1C(C)C. The van der Waals surface area contributed by atoms with Crippen molar-refractivity contribution in [3.05, 3.63) is 65.0 Å². The molecule has 174 valence electrons. The molecule has 1 unspecified atom stereocenters. The zero-order valence-electron chi connectivity index (χ0n) is 19.0. The molecule has 0 saturated carbocycles. The van der Waals surface area contributed by atoms with Crippen LogP contribution >= 0.6 is 11.6 Å². The third-order valence-electron chi connectivity index (χ3n) is 5.36. The molecule has 1 atom stereocenters. The van der Waals surface area contributed by atoms with E-state index in [9.17, 15) is 14.3 Å². The number of anilines is 2. The van der Waals surface area contributed by atoms with E-state index >= 15 is 0 Å². The molecule has 0 radical (unpaired) electrons. The second kappa shape index (κ2) is 10.2. The Hall–Kier alpha value is -3.10. The van der Waals surface area contributed by atoms with E-state index in [-0.39, 0.29) is 29.4 Å². The van der Waals surface area contributed by atoms with Gasteiger partial charge in [0.05, 0.1) is 11.3 Å². The van der Waals surface area contributed by atoms with Crippen LogP contribution < -0.4 is 10.6 Å². The summed E-state index contributed by atoms with van der Waals surface area (Å²) in [5.74, 6) is -0.491. The molecule has 2 heterocycles. The van der Waals surface area contributed by atoms with Crippen molar-refractivity contribution in [3.63, 3.8) is 0 Å². The van der Waals surface area contributed by atoms with Crippen LogP contribution in [0.25, 0.3) is 11.3 Å². The molecule has 0 saturated heterocycles. The Kier molecular flexibility index (Phi) is 7.61. The number of carbonyl (C=O) groups is 1. The minimum Gasteiger partial charge on any atom is -0.388 e. The highest BCUT2D eigenvalue weighted by Gasteiger charge is 2.21. The number of hydrogen-bond acceptors (Lipinski definition) is 6. The summed E-state index contributed by atoms with van der Waals surface area (Å²) in [6.07, 6.45) is 4.89. The van der Waals surface area contributed by atoms with Crippen LogP contribution in [-0.2, 0) is 0 Å². The number of amides is 1. The number of nitrogens with zero attached hydrogens (tertiary/aromatic N) is 3. The van der Waals surface area contributed by atoms with Crippen molar-refractivity contribution in [2.75, 3.05) is 11.9 Å². The molecule has 1 aromatic carbocycles. The van der Waals surface area contributed by atoms with E-state index in [1.54, 1.807) is 19.2 Å². The number of pyridine rings is 1. The van der Waals surface area contributed by atoms with Gasteiger partial charge in [-0.3, -0.25) is 9.78 Å². The molecule has 0 bridgehead atoms. The fourth-order valence-electron chi connectivity index (χ4n) is 3.09.